The Kier molecular flexibility index (Phi) is 6.95. The van der Waals surface area contributed by atoms with Gasteiger partial charge in [-0.2, -0.15) is 0 Å². The van der Waals surface area contributed by atoms with Crippen LogP contribution < -0.4 is 5.73 Å². The normalized spacial score (nSPS) is 20.7. The molecule has 0 aromatic rings. The molecule has 0 spiro atoms. The standard InChI is InChI=1S/C11H21NO3.ClH/c1-15-10(13)11(12,14)8-7-9-5-3-2-4-6-9;/h9,14H,2-8,12H2,1H3;1H/t11-;/m1./s1. The van der Waals surface area contributed by atoms with Crippen LogP contribution in [0.1, 0.15) is 44.9 Å². The number of rotatable bonds is 4. The maximum absolute atomic E-state index is 11.1. The molecule has 1 aliphatic rings. The first-order chi connectivity index (χ1) is 7.06. The highest BCUT2D eigenvalue weighted by Gasteiger charge is 2.32. The van der Waals surface area contributed by atoms with E-state index < -0.39 is 11.7 Å². The van der Waals surface area contributed by atoms with E-state index in [2.05, 4.69) is 4.74 Å². The third kappa shape index (κ3) is 4.68. The Morgan fingerprint density at radius 2 is 2.00 bits per heavy atom. The highest BCUT2D eigenvalue weighted by Crippen LogP contribution is 2.28. The first-order valence-corrected chi connectivity index (χ1v) is 5.66. The van der Waals surface area contributed by atoms with Crippen molar-refractivity contribution >= 4 is 18.4 Å². The summed E-state index contributed by atoms with van der Waals surface area (Å²) in [5.74, 6) is -0.128. The third-order valence-electron chi connectivity index (χ3n) is 3.20. The van der Waals surface area contributed by atoms with Gasteiger partial charge < -0.3 is 9.84 Å². The maximum atomic E-state index is 11.1. The van der Waals surface area contributed by atoms with Crippen molar-refractivity contribution < 1.29 is 14.6 Å². The van der Waals surface area contributed by atoms with Gasteiger partial charge in [0.15, 0.2) is 0 Å². The van der Waals surface area contributed by atoms with E-state index in [0.29, 0.717) is 12.3 Å². The van der Waals surface area contributed by atoms with Gasteiger partial charge in [0, 0.05) is 6.42 Å². The summed E-state index contributed by atoms with van der Waals surface area (Å²) in [6.45, 7) is 0. The summed E-state index contributed by atoms with van der Waals surface area (Å²) in [4.78, 5) is 11.1. The Bertz CT molecular complexity index is 215. The molecule has 0 amide bonds. The monoisotopic (exact) mass is 251 g/mol. The van der Waals surface area contributed by atoms with Crippen LogP contribution in [-0.4, -0.2) is 23.9 Å². The number of ether oxygens (including phenoxy) is 1. The second kappa shape index (κ2) is 7.09. The fourth-order valence-corrected chi connectivity index (χ4v) is 2.18. The quantitative estimate of drug-likeness (QED) is 0.588. The Balaban J connectivity index is 0.00000225. The molecule has 1 aliphatic carbocycles. The van der Waals surface area contributed by atoms with Gasteiger partial charge in [-0.3, -0.25) is 5.73 Å². The largest absolute Gasteiger partial charge is 0.466 e. The molecule has 0 unspecified atom stereocenters. The number of aliphatic hydroxyl groups is 1. The van der Waals surface area contributed by atoms with Crippen molar-refractivity contribution in [1.29, 1.82) is 0 Å². The summed E-state index contributed by atoms with van der Waals surface area (Å²) in [5, 5.41) is 9.62. The van der Waals surface area contributed by atoms with E-state index in [9.17, 15) is 9.90 Å². The smallest absolute Gasteiger partial charge is 0.353 e. The van der Waals surface area contributed by atoms with E-state index in [0.717, 1.165) is 6.42 Å². The van der Waals surface area contributed by atoms with Crippen molar-refractivity contribution in [2.75, 3.05) is 7.11 Å². The molecule has 1 rings (SSSR count). The highest BCUT2D eigenvalue weighted by atomic mass is 35.5. The number of hydrogen-bond acceptors (Lipinski definition) is 4. The molecule has 0 aromatic heterocycles. The molecule has 3 N–H and O–H groups in total. The van der Waals surface area contributed by atoms with Crippen molar-refractivity contribution in [3.05, 3.63) is 0 Å². The molecule has 1 fully saturated rings. The lowest BCUT2D eigenvalue weighted by Crippen LogP contribution is -2.48. The van der Waals surface area contributed by atoms with Crippen LogP contribution in [0.5, 0.6) is 0 Å². The molecular formula is C11H22ClNO3. The third-order valence-corrected chi connectivity index (χ3v) is 3.20. The van der Waals surface area contributed by atoms with Gasteiger partial charge in [0.25, 0.3) is 0 Å². The van der Waals surface area contributed by atoms with Gasteiger partial charge in [0.2, 0.25) is 5.72 Å². The number of carbonyl (C=O) groups excluding carboxylic acids is 1. The van der Waals surface area contributed by atoms with Crippen LogP contribution in [0.25, 0.3) is 0 Å². The number of halogens is 1. The Hall–Kier alpha value is -0.320. The van der Waals surface area contributed by atoms with Gasteiger partial charge >= 0.3 is 5.97 Å². The molecule has 0 aliphatic heterocycles. The second-order valence-electron chi connectivity index (χ2n) is 4.46. The van der Waals surface area contributed by atoms with Crippen LogP contribution in [0, 0.1) is 5.92 Å². The Labute approximate surface area is 103 Å². The number of hydrogen-bond donors (Lipinski definition) is 2. The molecule has 4 nitrogen and oxygen atoms in total. The molecule has 1 atom stereocenters. The summed E-state index contributed by atoms with van der Waals surface area (Å²) < 4.78 is 4.44. The van der Waals surface area contributed by atoms with Crippen LogP contribution in [0.3, 0.4) is 0 Å². The van der Waals surface area contributed by atoms with Gasteiger partial charge in [0.05, 0.1) is 7.11 Å². The molecule has 0 bridgehead atoms. The van der Waals surface area contributed by atoms with E-state index in [1.807, 2.05) is 0 Å². The van der Waals surface area contributed by atoms with Crippen molar-refractivity contribution in [1.82, 2.24) is 0 Å². The minimum Gasteiger partial charge on any atom is -0.466 e. The first kappa shape index (κ1) is 15.7. The molecule has 5 heteroatoms. The fraction of sp³-hybridized carbons (Fsp3) is 0.909. The zero-order chi connectivity index (χ0) is 11.3. The fourth-order valence-electron chi connectivity index (χ4n) is 2.18. The molecule has 16 heavy (non-hydrogen) atoms. The summed E-state index contributed by atoms with van der Waals surface area (Å²) in [6, 6.07) is 0. The topological polar surface area (TPSA) is 72.5 Å². The lowest BCUT2D eigenvalue weighted by Gasteiger charge is -2.25. The minimum atomic E-state index is -1.80. The summed E-state index contributed by atoms with van der Waals surface area (Å²) in [7, 11) is 1.24. The van der Waals surface area contributed by atoms with Crippen molar-refractivity contribution in [3.63, 3.8) is 0 Å². The van der Waals surface area contributed by atoms with Crippen molar-refractivity contribution in [3.8, 4) is 0 Å². The van der Waals surface area contributed by atoms with E-state index in [-0.39, 0.29) is 12.4 Å². The lowest BCUT2D eigenvalue weighted by molar-refractivity contribution is -0.162. The Morgan fingerprint density at radius 1 is 1.44 bits per heavy atom. The zero-order valence-electron chi connectivity index (χ0n) is 9.78. The lowest BCUT2D eigenvalue weighted by atomic mass is 9.85. The van der Waals surface area contributed by atoms with Crippen molar-refractivity contribution in [2.45, 2.75) is 50.7 Å². The number of methoxy groups -OCH3 is 1. The molecule has 1 saturated carbocycles. The molecule has 0 heterocycles. The Morgan fingerprint density at radius 3 is 2.50 bits per heavy atom. The molecule has 0 saturated heterocycles. The molecule has 0 radical (unpaired) electrons. The zero-order valence-corrected chi connectivity index (χ0v) is 10.6. The highest BCUT2D eigenvalue weighted by molar-refractivity contribution is 5.85. The molecule has 96 valence electrons. The van der Waals surface area contributed by atoms with Crippen LogP contribution in [0.15, 0.2) is 0 Å². The minimum absolute atomic E-state index is 0. The number of nitrogens with two attached hydrogens (primary N) is 1. The molecular weight excluding hydrogens is 230 g/mol. The van der Waals surface area contributed by atoms with E-state index in [1.54, 1.807) is 0 Å². The summed E-state index contributed by atoms with van der Waals surface area (Å²) >= 11 is 0. The van der Waals surface area contributed by atoms with E-state index in [1.165, 1.54) is 39.2 Å². The van der Waals surface area contributed by atoms with Gasteiger partial charge in [0.1, 0.15) is 0 Å². The SMILES string of the molecule is COC(=O)[C@](N)(O)CCC1CCCCC1.Cl. The van der Waals surface area contributed by atoms with Gasteiger partial charge in [-0.25, -0.2) is 4.79 Å². The van der Waals surface area contributed by atoms with Gasteiger partial charge in [-0.1, -0.05) is 32.1 Å². The van der Waals surface area contributed by atoms with E-state index in [4.69, 9.17) is 5.73 Å². The predicted octanol–water partition coefficient (Wildman–Crippen LogP) is 1.59. The van der Waals surface area contributed by atoms with Crippen molar-refractivity contribution in [2.24, 2.45) is 11.7 Å². The van der Waals surface area contributed by atoms with Crippen LogP contribution in [-0.2, 0) is 9.53 Å². The number of esters is 1. The van der Waals surface area contributed by atoms with Crippen LogP contribution >= 0.6 is 12.4 Å². The van der Waals surface area contributed by atoms with Gasteiger partial charge in [-0.15, -0.1) is 12.4 Å². The average Bonchev–Trinajstić information content (AvgIpc) is 2.27. The van der Waals surface area contributed by atoms with Crippen LogP contribution in [0.2, 0.25) is 0 Å². The maximum Gasteiger partial charge on any atom is 0.353 e. The number of carbonyl (C=O) groups is 1. The summed E-state index contributed by atoms with van der Waals surface area (Å²) in [6.07, 6.45) is 7.30. The van der Waals surface area contributed by atoms with E-state index >= 15 is 0 Å². The second-order valence-corrected chi connectivity index (χ2v) is 4.46. The summed E-state index contributed by atoms with van der Waals surface area (Å²) in [5.41, 5.74) is 3.67. The van der Waals surface area contributed by atoms with Gasteiger partial charge in [-0.05, 0) is 12.3 Å². The predicted molar refractivity (Wildman–Crippen MR) is 64.2 cm³/mol. The first-order valence-electron chi connectivity index (χ1n) is 5.66. The average molecular weight is 252 g/mol. The van der Waals surface area contributed by atoms with Crippen LogP contribution in [0.4, 0.5) is 0 Å². The molecule has 0 aromatic carbocycles.